The molecule has 2 unspecified atom stereocenters. The van der Waals surface area contributed by atoms with Gasteiger partial charge in [-0.3, -0.25) is 4.98 Å². The molecule has 0 saturated carbocycles. The summed E-state index contributed by atoms with van der Waals surface area (Å²) in [6, 6.07) is 4.39. The first kappa shape index (κ1) is 15.0. The Morgan fingerprint density at radius 1 is 1.33 bits per heavy atom. The topological polar surface area (TPSA) is 34.1 Å². The van der Waals surface area contributed by atoms with Gasteiger partial charge in [0.05, 0.1) is 18.5 Å². The van der Waals surface area contributed by atoms with Gasteiger partial charge in [-0.2, -0.15) is 0 Å². The number of nitrogens with one attached hydrogen (secondary N) is 1. The Balaban J connectivity index is 2.49. The second kappa shape index (κ2) is 8.09. The Labute approximate surface area is 111 Å². The average Bonchev–Trinajstić information content (AvgIpc) is 2.39. The molecule has 0 aromatic carbocycles. The molecule has 18 heavy (non-hydrogen) atoms. The molecule has 1 heterocycles. The zero-order valence-electron chi connectivity index (χ0n) is 12.1. The van der Waals surface area contributed by atoms with Crippen molar-refractivity contribution in [1.29, 1.82) is 0 Å². The SMILES string of the molecule is CCCC(C)COc1ccc(C(CC)NC)nc1. The Morgan fingerprint density at radius 3 is 2.61 bits per heavy atom. The normalized spacial score (nSPS) is 14.2. The lowest BCUT2D eigenvalue weighted by Crippen LogP contribution is -2.16. The van der Waals surface area contributed by atoms with Gasteiger partial charge in [0.2, 0.25) is 0 Å². The molecule has 2 atom stereocenters. The maximum atomic E-state index is 5.74. The molecule has 1 N–H and O–H groups in total. The van der Waals surface area contributed by atoms with Crippen LogP contribution in [0.2, 0.25) is 0 Å². The van der Waals surface area contributed by atoms with E-state index in [1.165, 1.54) is 12.8 Å². The van der Waals surface area contributed by atoms with Crippen LogP contribution in [0.25, 0.3) is 0 Å². The fourth-order valence-corrected chi connectivity index (χ4v) is 2.06. The van der Waals surface area contributed by atoms with E-state index >= 15 is 0 Å². The van der Waals surface area contributed by atoms with Gasteiger partial charge in [0.25, 0.3) is 0 Å². The van der Waals surface area contributed by atoms with Crippen molar-refractivity contribution in [2.24, 2.45) is 5.92 Å². The summed E-state index contributed by atoms with van der Waals surface area (Å²) in [7, 11) is 1.96. The predicted octanol–water partition coefficient (Wildman–Crippen LogP) is 3.57. The van der Waals surface area contributed by atoms with Crippen LogP contribution in [0.5, 0.6) is 5.75 Å². The number of hydrogen-bond acceptors (Lipinski definition) is 3. The fraction of sp³-hybridized carbons (Fsp3) is 0.667. The summed E-state index contributed by atoms with van der Waals surface area (Å²) in [6.07, 6.45) is 5.29. The second-order valence-electron chi connectivity index (χ2n) is 4.87. The molecule has 3 heteroatoms. The summed E-state index contributed by atoms with van der Waals surface area (Å²) >= 11 is 0. The van der Waals surface area contributed by atoms with Gasteiger partial charge in [0, 0.05) is 6.04 Å². The van der Waals surface area contributed by atoms with Crippen molar-refractivity contribution in [1.82, 2.24) is 10.3 Å². The Bertz CT molecular complexity index is 320. The van der Waals surface area contributed by atoms with Crippen LogP contribution in [0.4, 0.5) is 0 Å². The van der Waals surface area contributed by atoms with Gasteiger partial charge in [-0.1, -0.05) is 27.2 Å². The van der Waals surface area contributed by atoms with Crippen LogP contribution in [0.1, 0.15) is 51.8 Å². The Hall–Kier alpha value is -1.09. The third-order valence-electron chi connectivity index (χ3n) is 3.19. The number of aromatic nitrogens is 1. The van der Waals surface area contributed by atoms with Crippen molar-refractivity contribution in [3.8, 4) is 5.75 Å². The molecule has 0 amide bonds. The molecule has 0 saturated heterocycles. The minimum atomic E-state index is 0.332. The third-order valence-corrected chi connectivity index (χ3v) is 3.19. The lowest BCUT2D eigenvalue weighted by Gasteiger charge is -2.15. The van der Waals surface area contributed by atoms with Crippen LogP contribution < -0.4 is 10.1 Å². The highest BCUT2D eigenvalue weighted by atomic mass is 16.5. The first-order chi connectivity index (χ1) is 8.71. The fourth-order valence-electron chi connectivity index (χ4n) is 2.06. The van der Waals surface area contributed by atoms with Gasteiger partial charge in [0.15, 0.2) is 0 Å². The molecule has 102 valence electrons. The molecular formula is C15H26N2O. The van der Waals surface area contributed by atoms with E-state index in [0.717, 1.165) is 24.5 Å². The third kappa shape index (κ3) is 4.65. The van der Waals surface area contributed by atoms with Crippen molar-refractivity contribution in [2.45, 2.75) is 46.1 Å². The Kier molecular flexibility index (Phi) is 6.73. The molecule has 0 bridgehead atoms. The van der Waals surface area contributed by atoms with Crippen LogP contribution >= 0.6 is 0 Å². The molecule has 1 aromatic rings. The van der Waals surface area contributed by atoms with Crippen LogP contribution in [-0.2, 0) is 0 Å². The molecule has 0 fully saturated rings. The van der Waals surface area contributed by atoms with Crippen molar-refractivity contribution in [2.75, 3.05) is 13.7 Å². The van der Waals surface area contributed by atoms with Crippen LogP contribution in [0.3, 0.4) is 0 Å². The van der Waals surface area contributed by atoms with E-state index in [4.69, 9.17) is 4.74 Å². The van der Waals surface area contributed by atoms with Crippen molar-refractivity contribution >= 4 is 0 Å². The lowest BCUT2D eigenvalue weighted by atomic mass is 10.1. The molecule has 1 aromatic heterocycles. The quantitative estimate of drug-likeness (QED) is 0.766. The summed E-state index contributed by atoms with van der Waals surface area (Å²) in [6.45, 7) is 7.35. The lowest BCUT2D eigenvalue weighted by molar-refractivity contribution is 0.250. The molecule has 0 spiro atoms. The van der Waals surface area contributed by atoms with Gasteiger partial charge in [-0.15, -0.1) is 0 Å². The largest absolute Gasteiger partial charge is 0.492 e. The minimum absolute atomic E-state index is 0.332. The van der Waals surface area contributed by atoms with E-state index in [0.29, 0.717) is 12.0 Å². The monoisotopic (exact) mass is 250 g/mol. The highest BCUT2D eigenvalue weighted by molar-refractivity contribution is 5.21. The number of hydrogen-bond donors (Lipinski definition) is 1. The van der Waals surface area contributed by atoms with Gasteiger partial charge >= 0.3 is 0 Å². The maximum absolute atomic E-state index is 5.74. The summed E-state index contributed by atoms with van der Waals surface area (Å²) in [4.78, 5) is 4.46. The standard InChI is InChI=1S/C15H26N2O/c1-5-7-12(3)11-18-13-8-9-15(17-10-13)14(6-2)16-4/h8-10,12,14,16H,5-7,11H2,1-4H3. The van der Waals surface area contributed by atoms with E-state index in [9.17, 15) is 0 Å². The van der Waals surface area contributed by atoms with Crippen LogP contribution in [0, 0.1) is 5.92 Å². The zero-order valence-corrected chi connectivity index (χ0v) is 12.1. The highest BCUT2D eigenvalue weighted by Gasteiger charge is 2.08. The van der Waals surface area contributed by atoms with E-state index in [1.54, 1.807) is 0 Å². The van der Waals surface area contributed by atoms with Gasteiger partial charge in [0.1, 0.15) is 5.75 Å². The Morgan fingerprint density at radius 2 is 2.11 bits per heavy atom. The van der Waals surface area contributed by atoms with Gasteiger partial charge in [-0.05, 0) is 37.9 Å². The molecular weight excluding hydrogens is 224 g/mol. The minimum Gasteiger partial charge on any atom is -0.492 e. The molecule has 0 aliphatic heterocycles. The number of ether oxygens (including phenoxy) is 1. The molecule has 0 aliphatic carbocycles. The van der Waals surface area contributed by atoms with E-state index < -0.39 is 0 Å². The molecule has 1 rings (SSSR count). The number of pyridine rings is 1. The zero-order chi connectivity index (χ0) is 13.4. The van der Waals surface area contributed by atoms with Crippen LogP contribution in [-0.4, -0.2) is 18.6 Å². The molecule has 0 aliphatic rings. The van der Waals surface area contributed by atoms with E-state index in [2.05, 4.69) is 31.1 Å². The van der Waals surface area contributed by atoms with E-state index in [1.807, 2.05) is 25.4 Å². The second-order valence-corrected chi connectivity index (χ2v) is 4.87. The summed E-state index contributed by atoms with van der Waals surface area (Å²) in [5, 5.41) is 3.25. The average molecular weight is 250 g/mol. The van der Waals surface area contributed by atoms with Crippen molar-refractivity contribution in [3.05, 3.63) is 24.0 Å². The molecule has 0 radical (unpaired) electrons. The summed E-state index contributed by atoms with van der Waals surface area (Å²) < 4.78 is 5.74. The van der Waals surface area contributed by atoms with E-state index in [-0.39, 0.29) is 0 Å². The van der Waals surface area contributed by atoms with Gasteiger partial charge < -0.3 is 10.1 Å². The summed E-state index contributed by atoms with van der Waals surface area (Å²) in [5.74, 6) is 1.48. The smallest absolute Gasteiger partial charge is 0.137 e. The predicted molar refractivity (Wildman–Crippen MR) is 75.9 cm³/mol. The van der Waals surface area contributed by atoms with Crippen LogP contribution in [0.15, 0.2) is 18.3 Å². The number of rotatable bonds is 8. The molecule has 3 nitrogen and oxygen atoms in total. The maximum Gasteiger partial charge on any atom is 0.137 e. The number of nitrogens with zero attached hydrogens (tertiary/aromatic N) is 1. The first-order valence-corrected chi connectivity index (χ1v) is 6.97. The summed E-state index contributed by atoms with van der Waals surface area (Å²) in [5.41, 5.74) is 1.08. The van der Waals surface area contributed by atoms with Crippen molar-refractivity contribution < 1.29 is 4.74 Å². The van der Waals surface area contributed by atoms with Gasteiger partial charge in [-0.25, -0.2) is 0 Å². The highest BCUT2D eigenvalue weighted by Crippen LogP contribution is 2.17. The first-order valence-electron chi connectivity index (χ1n) is 6.97. The van der Waals surface area contributed by atoms with Crippen molar-refractivity contribution in [3.63, 3.8) is 0 Å².